The highest BCUT2D eigenvalue weighted by Crippen LogP contribution is 2.18. The topological polar surface area (TPSA) is 47.1 Å². The van der Waals surface area contributed by atoms with Crippen LogP contribution in [0.5, 0.6) is 0 Å². The summed E-state index contributed by atoms with van der Waals surface area (Å²) in [5, 5.41) is 4.27. The molecule has 0 amide bonds. The largest absolute Gasteiger partial charge is 0.357 e. The van der Waals surface area contributed by atoms with E-state index in [9.17, 15) is 0 Å². The Balaban J connectivity index is 2.08. The fourth-order valence-electron chi connectivity index (χ4n) is 1.97. The third-order valence-corrected chi connectivity index (χ3v) is 2.86. The molecule has 0 aliphatic carbocycles. The lowest BCUT2D eigenvalue weighted by Crippen LogP contribution is -2.40. The second-order valence-electron chi connectivity index (χ2n) is 3.83. The Labute approximate surface area is 84.7 Å². The second kappa shape index (κ2) is 4.00. The minimum absolute atomic E-state index is 0.393. The van der Waals surface area contributed by atoms with Gasteiger partial charge in [0.2, 0.25) is 0 Å². The van der Waals surface area contributed by atoms with E-state index in [1.807, 2.05) is 10.9 Å². The zero-order chi connectivity index (χ0) is 9.97. The third kappa shape index (κ3) is 1.75. The van der Waals surface area contributed by atoms with Crippen LogP contribution in [0.3, 0.4) is 0 Å². The van der Waals surface area contributed by atoms with Gasteiger partial charge in [-0.3, -0.25) is 4.68 Å². The molecule has 0 bridgehead atoms. The van der Waals surface area contributed by atoms with Crippen molar-refractivity contribution in [3.8, 4) is 0 Å². The van der Waals surface area contributed by atoms with E-state index in [0.29, 0.717) is 6.04 Å². The summed E-state index contributed by atoms with van der Waals surface area (Å²) in [5.74, 6) is 1.24. The van der Waals surface area contributed by atoms with Crippen molar-refractivity contribution in [2.24, 2.45) is 5.73 Å². The number of nitrogens with two attached hydrogens (primary N) is 1. The highest BCUT2D eigenvalue weighted by Gasteiger charge is 2.18. The van der Waals surface area contributed by atoms with E-state index in [0.717, 1.165) is 32.5 Å². The Kier molecular flexibility index (Phi) is 2.72. The molecule has 2 heterocycles. The van der Waals surface area contributed by atoms with E-state index in [2.05, 4.69) is 23.0 Å². The third-order valence-electron chi connectivity index (χ3n) is 2.86. The molecule has 0 radical (unpaired) electrons. The Morgan fingerprint density at radius 2 is 2.21 bits per heavy atom. The number of rotatable bonds is 2. The van der Waals surface area contributed by atoms with Gasteiger partial charge < -0.3 is 10.6 Å². The molecule has 0 unspecified atom stereocenters. The van der Waals surface area contributed by atoms with Crippen LogP contribution in [0.4, 0.5) is 5.82 Å². The molecule has 1 aromatic rings. The van der Waals surface area contributed by atoms with Crippen molar-refractivity contribution >= 4 is 5.82 Å². The number of aromatic nitrogens is 2. The van der Waals surface area contributed by atoms with Crippen LogP contribution in [0.25, 0.3) is 0 Å². The minimum atomic E-state index is 0.393. The van der Waals surface area contributed by atoms with Crippen LogP contribution in [-0.2, 0) is 6.54 Å². The van der Waals surface area contributed by atoms with E-state index in [1.54, 1.807) is 0 Å². The molecule has 2 rings (SSSR count). The summed E-state index contributed by atoms with van der Waals surface area (Å²) in [6, 6.07) is 2.48. The van der Waals surface area contributed by atoms with Crippen LogP contribution >= 0.6 is 0 Å². The Morgan fingerprint density at radius 1 is 1.50 bits per heavy atom. The summed E-state index contributed by atoms with van der Waals surface area (Å²) >= 11 is 0. The molecule has 0 aromatic carbocycles. The molecule has 0 spiro atoms. The fraction of sp³-hybridized carbons (Fsp3) is 0.700. The average Bonchev–Trinajstić information content (AvgIpc) is 2.67. The number of aryl methyl sites for hydroxylation is 1. The number of nitrogens with zero attached hydrogens (tertiary/aromatic N) is 3. The van der Waals surface area contributed by atoms with Crippen LogP contribution in [0.2, 0.25) is 0 Å². The first-order valence-electron chi connectivity index (χ1n) is 5.33. The molecule has 4 nitrogen and oxygen atoms in total. The average molecular weight is 194 g/mol. The van der Waals surface area contributed by atoms with Crippen molar-refractivity contribution in [3.05, 3.63) is 12.3 Å². The van der Waals surface area contributed by atoms with Gasteiger partial charge in [0.05, 0.1) is 6.20 Å². The van der Waals surface area contributed by atoms with Crippen molar-refractivity contribution < 1.29 is 0 Å². The molecular formula is C10H18N4. The zero-order valence-corrected chi connectivity index (χ0v) is 8.69. The Bertz CT molecular complexity index is 286. The maximum atomic E-state index is 5.87. The lowest BCUT2D eigenvalue weighted by Gasteiger charge is -2.31. The summed E-state index contributed by atoms with van der Waals surface area (Å²) < 4.78 is 2.04. The van der Waals surface area contributed by atoms with Gasteiger partial charge in [0.25, 0.3) is 0 Å². The molecular weight excluding hydrogens is 176 g/mol. The Hall–Kier alpha value is -1.03. The lowest BCUT2D eigenvalue weighted by molar-refractivity contribution is 0.489. The van der Waals surface area contributed by atoms with Gasteiger partial charge in [-0.1, -0.05) is 0 Å². The van der Waals surface area contributed by atoms with E-state index in [-0.39, 0.29) is 0 Å². The van der Waals surface area contributed by atoms with Crippen LogP contribution < -0.4 is 10.6 Å². The number of anilines is 1. The first-order valence-corrected chi connectivity index (χ1v) is 5.33. The summed E-state index contributed by atoms with van der Waals surface area (Å²) in [7, 11) is 0. The fourth-order valence-corrected chi connectivity index (χ4v) is 1.97. The summed E-state index contributed by atoms with van der Waals surface area (Å²) in [4.78, 5) is 2.37. The quantitative estimate of drug-likeness (QED) is 0.758. The van der Waals surface area contributed by atoms with E-state index < -0.39 is 0 Å². The summed E-state index contributed by atoms with van der Waals surface area (Å²) in [6.45, 7) is 5.18. The molecule has 4 heteroatoms. The van der Waals surface area contributed by atoms with Crippen molar-refractivity contribution in [2.75, 3.05) is 18.0 Å². The van der Waals surface area contributed by atoms with E-state index >= 15 is 0 Å². The predicted octanol–water partition coefficient (Wildman–Crippen LogP) is 0.830. The lowest BCUT2D eigenvalue weighted by atomic mass is 10.1. The van der Waals surface area contributed by atoms with Gasteiger partial charge in [0.1, 0.15) is 5.82 Å². The van der Waals surface area contributed by atoms with E-state index in [1.165, 1.54) is 5.82 Å². The van der Waals surface area contributed by atoms with Crippen LogP contribution in [0.15, 0.2) is 12.3 Å². The molecule has 2 N–H and O–H groups in total. The van der Waals surface area contributed by atoms with Crippen LogP contribution in [0, 0.1) is 0 Å². The molecule has 78 valence electrons. The smallest absolute Gasteiger partial charge is 0.126 e. The van der Waals surface area contributed by atoms with Gasteiger partial charge in [0.15, 0.2) is 0 Å². The van der Waals surface area contributed by atoms with Gasteiger partial charge >= 0.3 is 0 Å². The van der Waals surface area contributed by atoms with Crippen LogP contribution in [-0.4, -0.2) is 28.9 Å². The molecule has 1 fully saturated rings. The van der Waals surface area contributed by atoms with Gasteiger partial charge in [-0.25, -0.2) is 0 Å². The predicted molar refractivity (Wildman–Crippen MR) is 57.3 cm³/mol. The zero-order valence-electron chi connectivity index (χ0n) is 8.69. The van der Waals surface area contributed by atoms with Gasteiger partial charge in [0, 0.05) is 31.7 Å². The molecule has 14 heavy (non-hydrogen) atoms. The number of hydrogen-bond acceptors (Lipinski definition) is 3. The van der Waals surface area contributed by atoms with Crippen molar-refractivity contribution in [1.29, 1.82) is 0 Å². The van der Waals surface area contributed by atoms with Gasteiger partial charge in [-0.15, -0.1) is 0 Å². The second-order valence-corrected chi connectivity index (χ2v) is 3.83. The molecule has 1 saturated heterocycles. The summed E-state index contributed by atoms with van der Waals surface area (Å²) in [5.41, 5.74) is 5.87. The van der Waals surface area contributed by atoms with Crippen molar-refractivity contribution in [2.45, 2.75) is 32.4 Å². The van der Waals surface area contributed by atoms with Crippen molar-refractivity contribution in [3.63, 3.8) is 0 Å². The number of piperidine rings is 1. The van der Waals surface area contributed by atoms with E-state index in [4.69, 9.17) is 5.73 Å². The number of hydrogen-bond donors (Lipinski definition) is 1. The maximum Gasteiger partial charge on any atom is 0.126 e. The molecule has 1 aliphatic heterocycles. The first-order chi connectivity index (χ1) is 6.81. The molecule has 0 atom stereocenters. The maximum absolute atomic E-state index is 5.87. The monoisotopic (exact) mass is 194 g/mol. The molecule has 0 saturated carbocycles. The minimum Gasteiger partial charge on any atom is -0.357 e. The molecule has 1 aromatic heterocycles. The van der Waals surface area contributed by atoms with Gasteiger partial charge in [-0.2, -0.15) is 5.10 Å². The normalized spacial score (nSPS) is 18.9. The highest BCUT2D eigenvalue weighted by molar-refractivity contribution is 5.38. The van der Waals surface area contributed by atoms with Gasteiger partial charge in [-0.05, 0) is 19.8 Å². The first kappa shape index (κ1) is 9.52. The Morgan fingerprint density at radius 3 is 2.86 bits per heavy atom. The van der Waals surface area contributed by atoms with Crippen LogP contribution in [0.1, 0.15) is 19.8 Å². The highest BCUT2D eigenvalue weighted by atomic mass is 15.4. The van der Waals surface area contributed by atoms with Crippen molar-refractivity contribution in [1.82, 2.24) is 9.78 Å². The molecule has 1 aliphatic rings. The SMILES string of the molecule is CCn1nccc1N1CCC(N)CC1. The summed E-state index contributed by atoms with van der Waals surface area (Å²) in [6.07, 6.45) is 4.05. The standard InChI is InChI=1S/C10H18N4/c1-2-14-10(3-6-12-14)13-7-4-9(11)5-8-13/h3,6,9H,2,4-5,7-8,11H2,1H3.